The van der Waals surface area contributed by atoms with E-state index in [-0.39, 0.29) is 17.1 Å². The van der Waals surface area contributed by atoms with Crippen molar-refractivity contribution in [1.82, 2.24) is 20.0 Å². The molecule has 6 rings (SSSR count). The number of likely N-dealkylation sites (N-methyl/N-ethyl adjacent to an activating group) is 1. The molecule has 0 saturated carbocycles. The van der Waals surface area contributed by atoms with Gasteiger partial charge in [-0.05, 0) is 17.7 Å². The number of imide groups is 1. The molecule has 3 aliphatic heterocycles. The first-order chi connectivity index (χ1) is 16.1. The Morgan fingerprint density at radius 1 is 1.12 bits per heavy atom. The van der Waals surface area contributed by atoms with Crippen molar-refractivity contribution in [2.75, 3.05) is 11.9 Å². The number of benzene rings is 1. The number of nitrogens with zero attached hydrogens (tertiary/aromatic N) is 4. The Kier molecular flexibility index (Phi) is 4.06. The topological polar surface area (TPSA) is 108 Å². The molecular weight excluding hydrogens is 420 g/mol. The van der Waals surface area contributed by atoms with Crippen molar-refractivity contribution in [3.63, 3.8) is 0 Å². The smallest absolute Gasteiger partial charge is 0.261 e. The summed E-state index contributed by atoms with van der Waals surface area (Å²) < 4.78 is 1.77. The average Bonchev–Trinajstić information content (AvgIpc) is 3.45. The number of carbonyl (C=O) groups excluding carboxylic acids is 3. The number of imidazole rings is 1. The molecular formula is C24H18N6O3. The van der Waals surface area contributed by atoms with Gasteiger partial charge < -0.3 is 10.2 Å². The lowest BCUT2D eigenvalue weighted by Crippen LogP contribution is -2.41. The second-order valence-electron chi connectivity index (χ2n) is 7.94. The van der Waals surface area contributed by atoms with Gasteiger partial charge in [0.2, 0.25) is 5.91 Å². The van der Waals surface area contributed by atoms with E-state index < -0.39 is 17.9 Å². The Morgan fingerprint density at radius 3 is 2.82 bits per heavy atom. The fraction of sp³-hybridized carbons (Fsp3) is 0.125. The van der Waals surface area contributed by atoms with Gasteiger partial charge >= 0.3 is 0 Å². The number of hydrogen-bond acceptors (Lipinski definition) is 6. The minimum Gasteiger partial charge on any atom is -0.357 e. The number of aromatic nitrogens is 2. The number of pyridine rings is 1. The molecule has 33 heavy (non-hydrogen) atoms. The van der Waals surface area contributed by atoms with Crippen LogP contribution in [0.2, 0.25) is 0 Å². The van der Waals surface area contributed by atoms with Crippen LogP contribution in [-0.2, 0) is 20.8 Å². The molecule has 3 amide bonds. The van der Waals surface area contributed by atoms with Crippen molar-refractivity contribution >= 4 is 40.3 Å². The predicted octanol–water partition coefficient (Wildman–Crippen LogP) is 1.20. The van der Waals surface area contributed by atoms with Gasteiger partial charge in [0.15, 0.2) is 0 Å². The largest absolute Gasteiger partial charge is 0.357 e. The lowest BCUT2D eigenvalue weighted by molar-refractivity contribution is -0.123. The van der Waals surface area contributed by atoms with Gasteiger partial charge in [-0.25, -0.2) is 4.98 Å². The van der Waals surface area contributed by atoms with Crippen molar-refractivity contribution in [2.24, 2.45) is 4.99 Å². The summed E-state index contributed by atoms with van der Waals surface area (Å²) in [6.07, 6.45) is 7.22. The van der Waals surface area contributed by atoms with E-state index >= 15 is 0 Å². The molecule has 2 N–H and O–H groups in total. The molecule has 0 saturated heterocycles. The van der Waals surface area contributed by atoms with E-state index in [0.29, 0.717) is 29.0 Å². The number of anilines is 1. The van der Waals surface area contributed by atoms with Gasteiger partial charge in [-0.15, -0.1) is 0 Å². The van der Waals surface area contributed by atoms with Crippen LogP contribution in [-0.4, -0.2) is 45.9 Å². The number of amides is 3. The summed E-state index contributed by atoms with van der Waals surface area (Å²) in [5.74, 6) is -1.12. The number of aliphatic imine (C=N–C) groups is 1. The van der Waals surface area contributed by atoms with Gasteiger partial charge in [0, 0.05) is 37.6 Å². The summed E-state index contributed by atoms with van der Waals surface area (Å²) in [6.45, 7) is 0. The van der Waals surface area contributed by atoms with Gasteiger partial charge in [0.1, 0.15) is 11.7 Å². The summed E-state index contributed by atoms with van der Waals surface area (Å²) in [5.41, 5.74) is 4.44. The second kappa shape index (κ2) is 6.99. The molecule has 0 spiro atoms. The standard InChI is InChI=1S/C24H18N6O3/c1-25-22(31)15-11-13-5-4-6-14-20(26-8-10-30(15)21(13)14)19-18(23(32)28-24(19)33)16-12-27-17-7-2-3-9-29(16)17/h2-10,12,15H,11H2,1H3,(H,25,31)(H,28,32,33). The molecule has 0 radical (unpaired) electrons. The number of rotatable bonds is 3. The lowest BCUT2D eigenvalue weighted by Gasteiger charge is -2.23. The Balaban J connectivity index is 1.58. The Labute approximate surface area is 188 Å². The Morgan fingerprint density at radius 2 is 1.97 bits per heavy atom. The molecule has 1 aromatic carbocycles. The van der Waals surface area contributed by atoms with Crippen LogP contribution in [0.5, 0.6) is 0 Å². The molecule has 5 heterocycles. The molecule has 0 aliphatic carbocycles. The number of nitrogens with one attached hydrogen (secondary N) is 2. The Hall–Kier alpha value is -4.53. The molecule has 1 atom stereocenters. The lowest BCUT2D eigenvalue weighted by atomic mass is 9.94. The molecule has 3 aromatic rings. The number of carbonyl (C=O) groups is 3. The molecule has 9 heteroatoms. The summed E-state index contributed by atoms with van der Waals surface area (Å²) in [6, 6.07) is 10.8. The van der Waals surface area contributed by atoms with Crippen molar-refractivity contribution in [2.45, 2.75) is 12.5 Å². The van der Waals surface area contributed by atoms with E-state index in [1.807, 2.05) is 41.3 Å². The minimum absolute atomic E-state index is 0.107. The first kappa shape index (κ1) is 19.2. The van der Waals surface area contributed by atoms with E-state index in [1.165, 1.54) is 0 Å². The molecule has 1 unspecified atom stereocenters. The minimum atomic E-state index is -0.514. The quantitative estimate of drug-likeness (QED) is 0.598. The maximum absolute atomic E-state index is 13.0. The third-order valence-corrected chi connectivity index (χ3v) is 6.20. The molecule has 2 aromatic heterocycles. The number of hydrogen-bond donors (Lipinski definition) is 2. The third-order valence-electron chi connectivity index (χ3n) is 6.20. The van der Waals surface area contributed by atoms with E-state index in [1.54, 1.807) is 36.2 Å². The van der Waals surface area contributed by atoms with Gasteiger partial charge in [0.25, 0.3) is 11.8 Å². The maximum Gasteiger partial charge on any atom is 0.261 e. The van der Waals surface area contributed by atoms with Gasteiger partial charge in [-0.3, -0.25) is 29.1 Å². The van der Waals surface area contributed by atoms with E-state index in [2.05, 4.69) is 20.6 Å². The van der Waals surface area contributed by atoms with Crippen LogP contribution in [0.25, 0.3) is 11.2 Å². The Bertz CT molecular complexity index is 1480. The van der Waals surface area contributed by atoms with E-state index in [9.17, 15) is 14.4 Å². The monoisotopic (exact) mass is 438 g/mol. The zero-order chi connectivity index (χ0) is 22.7. The summed E-state index contributed by atoms with van der Waals surface area (Å²) in [4.78, 5) is 49.3. The fourth-order valence-corrected chi connectivity index (χ4v) is 4.77. The van der Waals surface area contributed by atoms with E-state index in [4.69, 9.17) is 0 Å². The third kappa shape index (κ3) is 2.68. The van der Waals surface area contributed by atoms with Crippen LogP contribution in [0.1, 0.15) is 16.8 Å². The average molecular weight is 438 g/mol. The molecule has 3 aliphatic rings. The van der Waals surface area contributed by atoms with Crippen LogP contribution < -0.4 is 15.5 Å². The van der Waals surface area contributed by atoms with Gasteiger partial charge in [-0.2, -0.15) is 0 Å². The molecule has 0 fully saturated rings. The fourth-order valence-electron chi connectivity index (χ4n) is 4.77. The first-order valence-corrected chi connectivity index (χ1v) is 10.5. The summed E-state index contributed by atoms with van der Waals surface area (Å²) >= 11 is 0. The van der Waals surface area contributed by atoms with Crippen LogP contribution in [0.15, 0.2) is 71.8 Å². The highest BCUT2D eigenvalue weighted by Gasteiger charge is 2.41. The molecule has 9 nitrogen and oxygen atoms in total. The summed E-state index contributed by atoms with van der Waals surface area (Å²) in [5, 5.41) is 5.13. The second-order valence-corrected chi connectivity index (χ2v) is 7.94. The number of fused-ring (bicyclic) bond motifs is 1. The van der Waals surface area contributed by atoms with Crippen LogP contribution in [0.3, 0.4) is 0 Å². The zero-order valence-corrected chi connectivity index (χ0v) is 17.6. The number of para-hydroxylation sites is 1. The van der Waals surface area contributed by atoms with Crippen molar-refractivity contribution in [1.29, 1.82) is 0 Å². The van der Waals surface area contributed by atoms with Gasteiger partial charge in [-0.1, -0.05) is 24.3 Å². The van der Waals surface area contributed by atoms with Crippen LogP contribution in [0.4, 0.5) is 5.69 Å². The highest BCUT2D eigenvalue weighted by atomic mass is 16.2. The summed E-state index contributed by atoms with van der Waals surface area (Å²) in [7, 11) is 1.61. The highest BCUT2D eigenvalue weighted by molar-refractivity contribution is 6.47. The molecule has 0 bridgehead atoms. The SMILES string of the molecule is CNC(=O)C1Cc2cccc3c2N1C=CN=C3C1=C(c2cnc3ccccn23)C(=O)NC1=O. The van der Waals surface area contributed by atoms with Gasteiger partial charge in [0.05, 0.1) is 34.4 Å². The first-order valence-electron chi connectivity index (χ1n) is 10.5. The maximum atomic E-state index is 13.0. The van der Waals surface area contributed by atoms with E-state index in [0.717, 1.165) is 11.3 Å². The predicted molar refractivity (Wildman–Crippen MR) is 121 cm³/mol. The highest BCUT2D eigenvalue weighted by Crippen LogP contribution is 2.40. The molecule has 162 valence electrons. The van der Waals surface area contributed by atoms with Crippen molar-refractivity contribution < 1.29 is 14.4 Å². The van der Waals surface area contributed by atoms with Crippen LogP contribution in [0, 0.1) is 0 Å². The van der Waals surface area contributed by atoms with Crippen molar-refractivity contribution in [3.8, 4) is 0 Å². The zero-order valence-electron chi connectivity index (χ0n) is 17.6. The normalized spacial score (nSPS) is 19.0. The van der Waals surface area contributed by atoms with Crippen LogP contribution >= 0.6 is 0 Å². The van der Waals surface area contributed by atoms with Crippen molar-refractivity contribution in [3.05, 3.63) is 83.6 Å².